The van der Waals surface area contributed by atoms with Crippen LogP contribution < -0.4 is 5.32 Å². The van der Waals surface area contributed by atoms with Gasteiger partial charge in [-0.1, -0.05) is 6.07 Å². The molecule has 1 N–H and O–H groups in total. The molecule has 1 aliphatic rings. The van der Waals surface area contributed by atoms with Crippen LogP contribution in [-0.2, 0) is 0 Å². The highest BCUT2D eigenvalue weighted by Gasteiger charge is 2.17. The van der Waals surface area contributed by atoms with E-state index in [1.165, 1.54) is 12.0 Å². The van der Waals surface area contributed by atoms with Crippen LogP contribution in [0.3, 0.4) is 0 Å². The van der Waals surface area contributed by atoms with Gasteiger partial charge in [-0.3, -0.25) is 4.98 Å². The van der Waals surface area contributed by atoms with E-state index >= 15 is 0 Å². The number of rotatable bonds is 1. The van der Waals surface area contributed by atoms with Crippen molar-refractivity contribution in [3.05, 3.63) is 30.1 Å². The molecule has 0 bridgehead atoms. The van der Waals surface area contributed by atoms with E-state index in [0.717, 1.165) is 6.54 Å². The molecule has 1 aromatic rings. The minimum atomic E-state index is 0. The van der Waals surface area contributed by atoms with Crippen LogP contribution in [0, 0.1) is 0 Å². The highest BCUT2D eigenvalue weighted by Crippen LogP contribution is 2.20. The largest absolute Gasteiger partial charge is 0.310 e. The lowest BCUT2D eigenvalue weighted by Crippen LogP contribution is -2.34. The van der Waals surface area contributed by atoms with Crippen molar-refractivity contribution in [3.63, 3.8) is 0 Å². The summed E-state index contributed by atoms with van der Waals surface area (Å²) in [6.45, 7) is 1.15. The average molecular weight is 207 g/mol. The van der Waals surface area contributed by atoms with Crippen molar-refractivity contribution in [2.45, 2.75) is 12.5 Å². The quantitative estimate of drug-likeness (QED) is 0.761. The monoisotopic (exact) mass is 206 g/mol. The molecule has 2 rings (SSSR count). The molecule has 0 amide bonds. The van der Waals surface area contributed by atoms with Crippen molar-refractivity contribution in [1.82, 2.24) is 10.3 Å². The summed E-state index contributed by atoms with van der Waals surface area (Å²) in [5.74, 6) is 0. The van der Waals surface area contributed by atoms with Gasteiger partial charge in [0, 0.05) is 18.4 Å². The minimum Gasteiger partial charge on any atom is -0.310 e. The predicted molar refractivity (Wildman–Crippen MR) is 54.1 cm³/mol. The molecular formula is C8H12Cl2N2. The van der Waals surface area contributed by atoms with E-state index in [1.807, 2.05) is 18.5 Å². The zero-order valence-corrected chi connectivity index (χ0v) is 8.20. The first-order valence-corrected chi connectivity index (χ1v) is 3.60. The third-order valence-corrected chi connectivity index (χ3v) is 1.91. The molecule has 2 heterocycles. The van der Waals surface area contributed by atoms with Crippen LogP contribution in [0.4, 0.5) is 0 Å². The van der Waals surface area contributed by atoms with Gasteiger partial charge in [0.25, 0.3) is 0 Å². The molecule has 0 unspecified atom stereocenters. The van der Waals surface area contributed by atoms with Gasteiger partial charge in [0.1, 0.15) is 0 Å². The number of hydrogen-bond donors (Lipinski definition) is 1. The zero-order chi connectivity index (χ0) is 6.81. The molecule has 1 fully saturated rings. The fraction of sp³-hybridized carbons (Fsp3) is 0.375. The van der Waals surface area contributed by atoms with E-state index in [1.54, 1.807) is 0 Å². The first-order valence-electron chi connectivity index (χ1n) is 3.60. The van der Waals surface area contributed by atoms with Crippen molar-refractivity contribution in [2.24, 2.45) is 0 Å². The van der Waals surface area contributed by atoms with Crippen molar-refractivity contribution in [2.75, 3.05) is 6.54 Å². The molecule has 68 valence electrons. The molecule has 0 radical (unpaired) electrons. The molecule has 12 heavy (non-hydrogen) atoms. The van der Waals surface area contributed by atoms with E-state index in [0.29, 0.717) is 6.04 Å². The van der Waals surface area contributed by atoms with Crippen LogP contribution in [0.2, 0.25) is 0 Å². The number of hydrogen-bond acceptors (Lipinski definition) is 2. The number of nitrogens with zero attached hydrogens (tertiary/aromatic N) is 1. The van der Waals surface area contributed by atoms with Crippen molar-refractivity contribution in [3.8, 4) is 0 Å². The van der Waals surface area contributed by atoms with Gasteiger partial charge in [-0.15, -0.1) is 24.8 Å². The van der Waals surface area contributed by atoms with E-state index in [9.17, 15) is 0 Å². The summed E-state index contributed by atoms with van der Waals surface area (Å²) in [7, 11) is 0. The Balaban J connectivity index is 0.000000605. The second-order valence-electron chi connectivity index (χ2n) is 2.58. The Bertz CT molecular complexity index is 212. The maximum absolute atomic E-state index is 4.05. The van der Waals surface area contributed by atoms with Crippen molar-refractivity contribution >= 4 is 24.8 Å². The van der Waals surface area contributed by atoms with Gasteiger partial charge in [-0.2, -0.15) is 0 Å². The highest BCUT2D eigenvalue weighted by atomic mass is 35.5. The number of pyridine rings is 1. The van der Waals surface area contributed by atoms with Crippen LogP contribution in [-0.4, -0.2) is 11.5 Å². The first-order chi connectivity index (χ1) is 4.97. The Hall–Kier alpha value is -0.310. The van der Waals surface area contributed by atoms with Gasteiger partial charge < -0.3 is 5.32 Å². The molecule has 0 spiro atoms. The molecular weight excluding hydrogens is 195 g/mol. The van der Waals surface area contributed by atoms with Crippen LogP contribution in [0.15, 0.2) is 24.5 Å². The lowest BCUT2D eigenvalue weighted by atomic mass is 10.0. The lowest BCUT2D eigenvalue weighted by molar-refractivity contribution is 0.382. The average Bonchev–Trinajstić information content (AvgIpc) is 1.86. The van der Waals surface area contributed by atoms with Gasteiger partial charge in [0.05, 0.1) is 0 Å². The van der Waals surface area contributed by atoms with Crippen LogP contribution in [0.5, 0.6) is 0 Å². The molecule has 0 aliphatic carbocycles. The van der Waals surface area contributed by atoms with E-state index in [4.69, 9.17) is 0 Å². The topological polar surface area (TPSA) is 24.9 Å². The lowest BCUT2D eigenvalue weighted by Gasteiger charge is -2.27. The van der Waals surface area contributed by atoms with Gasteiger partial charge in [0.2, 0.25) is 0 Å². The maximum atomic E-state index is 4.05. The summed E-state index contributed by atoms with van der Waals surface area (Å²) in [6.07, 6.45) is 4.99. The Labute approximate surface area is 84.6 Å². The molecule has 0 aromatic carbocycles. The standard InChI is InChI=1S/C8H10N2.2ClH/c1-2-7(6-9-4-1)8-3-5-10-8;;/h1-2,4,6,8,10H,3,5H2;2*1H/t8-;;/m0../s1. The summed E-state index contributed by atoms with van der Waals surface area (Å²) < 4.78 is 0. The number of halogens is 2. The SMILES string of the molecule is Cl.Cl.c1cncc([C@@H]2CCN2)c1. The summed E-state index contributed by atoms with van der Waals surface area (Å²) in [4.78, 5) is 4.05. The maximum Gasteiger partial charge on any atom is 0.0347 e. The van der Waals surface area contributed by atoms with E-state index in [2.05, 4.69) is 16.4 Å². The molecule has 2 nitrogen and oxygen atoms in total. The second-order valence-corrected chi connectivity index (χ2v) is 2.58. The molecule has 1 saturated heterocycles. The van der Waals surface area contributed by atoms with Gasteiger partial charge >= 0.3 is 0 Å². The second kappa shape index (κ2) is 5.36. The van der Waals surface area contributed by atoms with E-state index in [-0.39, 0.29) is 24.8 Å². The van der Waals surface area contributed by atoms with Gasteiger partial charge in [0.15, 0.2) is 0 Å². The molecule has 1 aliphatic heterocycles. The zero-order valence-electron chi connectivity index (χ0n) is 6.56. The van der Waals surface area contributed by atoms with Crippen LogP contribution >= 0.6 is 24.8 Å². The molecule has 0 saturated carbocycles. The smallest absolute Gasteiger partial charge is 0.0347 e. The van der Waals surface area contributed by atoms with Gasteiger partial charge in [-0.05, 0) is 24.6 Å². The Morgan fingerprint density at radius 1 is 1.42 bits per heavy atom. The predicted octanol–water partition coefficient (Wildman–Crippen LogP) is 1.96. The molecule has 1 aromatic heterocycles. The fourth-order valence-corrected chi connectivity index (χ4v) is 1.16. The minimum absolute atomic E-state index is 0. The van der Waals surface area contributed by atoms with E-state index < -0.39 is 0 Å². The third-order valence-electron chi connectivity index (χ3n) is 1.91. The third kappa shape index (κ3) is 2.34. The van der Waals surface area contributed by atoms with Crippen LogP contribution in [0.1, 0.15) is 18.0 Å². The summed E-state index contributed by atoms with van der Waals surface area (Å²) in [5.41, 5.74) is 1.31. The molecule has 1 atom stereocenters. The van der Waals surface area contributed by atoms with Gasteiger partial charge in [-0.25, -0.2) is 0 Å². The first kappa shape index (κ1) is 11.7. The number of nitrogens with one attached hydrogen (secondary N) is 1. The summed E-state index contributed by atoms with van der Waals surface area (Å²) >= 11 is 0. The summed E-state index contributed by atoms with van der Waals surface area (Å²) in [5, 5.41) is 3.32. The van der Waals surface area contributed by atoms with Crippen LogP contribution in [0.25, 0.3) is 0 Å². The normalized spacial score (nSPS) is 19.8. The molecule has 4 heteroatoms. The number of aromatic nitrogens is 1. The highest BCUT2D eigenvalue weighted by molar-refractivity contribution is 5.85. The Kier molecular flexibility index (Phi) is 5.22. The Morgan fingerprint density at radius 3 is 2.58 bits per heavy atom. The van der Waals surface area contributed by atoms with Crippen molar-refractivity contribution in [1.29, 1.82) is 0 Å². The Morgan fingerprint density at radius 2 is 2.17 bits per heavy atom. The van der Waals surface area contributed by atoms with Crippen molar-refractivity contribution < 1.29 is 0 Å². The summed E-state index contributed by atoms with van der Waals surface area (Å²) in [6, 6.07) is 4.67. The fourth-order valence-electron chi connectivity index (χ4n) is 1.16.